The van der Waals surface area contributed by atoms with Crippen LogP contribution in [0.2, 0.25) is 0 Å². The lowest BCUT2D eigenvalue weighted by molar-refractivity contribution is 0.217. The van der Waals surface area contributed by atoms with Gasteiger partial charge in [-0.1, -0.05) is 11.2 Å². The summed E-state index contributed by atoms with van der Waals surface area (Å²) in [6.45, 7) is 1.24. The van der Waals surface area contributed by atoms with Crippen molar-refractivity contribution in [3.05, 3.63) is 29.6 Å². The van der Waals surface area contributed by atoms with Crippen molar-refractivity contribution in [1.82, 2.24) is 9.88 Å². The molecule has 0 aliphatic heterocycles. The predicted octanol–water partition coefficient (Wildman–Crippen LogP) is -0.400. The molecule has 6 nitrogen and oxygen atoms in total. The lowest BCUT2D eigenvalue weighted by atomic mass is 10.1. The maximum Gasteiger partial charge on any atom is 0.189 e. The molecule has 16 heavy (non-hydrogen) atoms. The molecule has 0 saturated heterocycles. The molecule has 0 aromatic carbocycles. The number of nitrogens with two attached hydrogens (primary N) is 1. The first-order chi connectivity index (χ1) is 7.69. The van der Waals surface area contributed by atoms with Crippen molar-refractivity contribution in [3.8, 4) is 0 Å². The lowest BCUT2D eigenvalue weighted by Crippen LogP contribution is -2.25. The molecule has 6 heteroatoms. The highest BCUT2D eigenvalue weighted by Gasteiger charge is 2.09. The van der Waals surface area contributed by atoms with Crippen LogP contribution < -0.4 is 5.73 Å². The zero-order valence-electron chi connectivity index (χ0n) is 9.17. The highest BCUT2D eigenvalue weighted by atomic mass is 16.4. The number of pyridine rings is 1. The highest BCUT2D eigenvalue weighted by Crippen LogP contribution is 2.07. The van der Waals surface area contributed by atoms with Crippen molar-refractivity contribution >= 4 is 5.84 Å². The third-order valence-corrected chi connectivity index (χ3v) is 2.16. The summed E-state index contributed by atoms with van der Waals surface area (Å²) in [7, 11) is 1.87. The van der Waals surface area contributed by atoms with Gasteiger partial charge in [-0.15, -0.1) is 0 Å². The van der Waals surface area contributed by atoms with E-state index in [4.69, 9.17) is 16.0 Å². The summed E-state index contributed by atoms with van der Waals surface area (Å²) in [5.74, 6) is -0.00648. The smallest absolute Gasteiger partial charge is 0.189 e. The summed E-state index contributed by atoms with van der Waals surface area (Å²) >= 11 is 0. The summed E-state index contributed by atoms with van der Waals surface area (Å²) in [4.78, 5) is 5.98. The molecule has 0 fully saturated rings. The number of oxime groups is 1. The second-order valence-electron chi connectivity index (χ2n) is 3.46. The standard InChI is InChI=1S/C10H16N4O2/c1-14(5-6-15)7-8-3-2-4-12-9(8)10(11)13-16/h2-4,15-16H,5-7H2,1H3,(H2,11,13). The molecule has 0 unspecified atom stereocenters. The van der Waals surface area contributed by atoms with Gasteiger partial charge in [0.25, 0.3) is 0 Å². The topological polar surface area (TPSA) is 95.0 Å². The maximum atomic E-state index is 8.79. The molecule has 0 aliphatic rings. The Bertz CT molecular complexity index is 368. The molecular weight excluding hydrogens is 208 g/mol. The van der Waals surface area contributed by atoms with Crippen LogP contribution in [0.5, 0.6) is 0 Å². The van der Waals surface area contributed by atoms with Crippen LogP contribution in [-0.4, -0.2) is 46.2 Å². The number of aliphatic hydroxyl groups is 1. The van der Waals surface area contributed by atoms with E-state index in [0.29, 0.717) is 18.8 Å². The Morgan fingerprint density at radius 3 is 3.00 bits per heavy atom. The van der Waals surface area contributed by atoms with Crippen LogP contribution in [0.15, 0.2) is 23.5 Å². The van der Waals surface area contributed by atoms with Gasteiger partial charge < -0.3 is 16.0 Å². The van der Waals surface area contributed by atoms with Crippen LogP contribution >= 0.6 is 0 Å². The van der Waals surface area contributed by atoms with E-state index >= 15 is 0 Å². The number of aromatic nitrogens is 1. The Kier molecular flexibility index (Phi) is 4.68. The van der Waals surface area contributed by atoms with Crippen molar-refractivity contribution in [1.29, 1.82) is 0 Å². The molecule has 4 N–H and O–H groups in total. The number of likely N-dealkylation sites (N-methyl/N-ethyl adjacent to an activating group) is 1. The number of aliphatic hydroxyl groups excluding tert-OH is 1. The van der Waals surface area contributed by atoms with Crippen molar-refractivity contribution in [2.45, 2.75) is 6.54 Å². The van der Waals surface area contributed by atoms with Gasteiger partial charge >= 0.3 is 0 Å². The summed E-state index contributed by atoms with van der Waals surface area (Å²) in [5, 5.41) is 20.3. The number of amidine groups is 1. The van der Waals surface area contributed by atoms with Crippen molar-refractivity contribution in [2.75, 3.05) is 20.2 Å². The second kappa shape index (κ2) is 6.04. The fourth-order valence-corrected chi connectivity index (χ4v) is 1.38. The molecule has 0 spiro atoms. The molecule has 0 saturated carbocycles. The number of rotatable bonds is 5. The Balaban J connectivity index is 2.87. The van der Waals surface area contributed by atoms with Gasteiger partial charge in [-0.05, 0) is 18.7 Å². The second-order valence-corrected chi connectivity index (χ2v) is 3.46. The van der Waals surface area contributed by atoms with Gasteiger partial charge in [0.15, 0.2) is 5.84 Å². The molecule has 0 radical (unpaired) electrons. The van der Waals surface area contributed by atoms with Gasteiger partial charge in [-0.25, -0.2) is 0 Å². The van der Waals surface area contributed by atoms with Crippen LogP contribution in [0.4, 0.5) is 0 Å². The Hall–Kier alpha value is -1.66. The largest absolute Gasteiger partial charge is 0.409 e. The molecule has 0 atom stereocenters. The summed E-state index contributed by atoms with van der Waals surface area (Å²) in [5.41, 5.74) is 6.84. The van der Waals surface area contributed by atoms with E-state index in [9.17, 15) is 0 Å². The highest BCUT2D eigenvalue weighted by molar-refractivity contribution is 5.96. The fraction of sp³-hybridized carbons (Fsp3) is 0.400. The first-order valence-corrected chi connectivity index (χ1v) is 4.90. The molecule has 1 aromatic rings. The molecule has 1 rings (SSSR count). The molecular formula is C10H16N4O2. The minimum Gasteiger partial charge on any atom is -0.409 e. The van der Waals surface area contributed by atoms with Gasteiger partial charge in [-0.3, -0.25) is 9.88 Å². The maximum absolute atomic E-state index is 8.79. The normalized spacial score (nSPS) is 12.1. The van der Waals surface area contributed by atoms with E-state index in [1.54, 1.807) is 12.3 Å². The van der Waals surface area contributed by atoms with Gasteiger partial charge in [0, 0.05) is 19.3 Å². The number of hydrogen-bond acceptors (Lipinski definition) is 5. The van der Waals surface area contributed by atoms with Crippen molar-refractivity contribution in [3.63, 3.8) is 0 Å². The average Bonchev–Trinajstić information content (AvgIpc) is 2.29. The third kappa shape index (κ3) is 3.18. The molecule has 0 bridgehead atoms. The van der Waals surface area contributed by atoms with Crippen molar-refractivity contribution in [2.24, 2.45) is 10.9 Å². The van der Waals surface area contributed by atoms with Gasteiger partial charge in [0.05, 0.1) is 6.61 Å². The minimum absolute atomic E-state index is 0.00648. The Morgan fingerprint density at radius 1 is 1.62 bits per heavy atom. The minimum atomic E-state index is -0.00648. The molecule has 1 aromatic heterocycles. The average molecular weight is 224 g/mol. The first-order valence-electron chi connectivity index (χ1n) is 4.90. The quantitative estimate of drug-likeness (QED) is 0.274. The van der Waals surface area contributed by atoms with Crippen LogP contribution in [0.25, 0.3) is 0 Å². The molecule has 0 aliphatic carbocycles. The Morgan fingerprint density at radius 2 is 2.38 bits per heavy atom. The number of nitrogens with zero attached hydrogens (tertiary/aromatic N) is 3. The van der Waals surface area contributed by atoms with Crippen LogP contribution in [0.3, 0.4) is 0 Å². The summed E-state index contributed by atoms with van der Waals surface area (Å²) < 4.78 is 0. The van der Waals surface area contributed by atoms with Gasteiger partial charge in [0.2, 0.25) is 0 Å². The number of hydrogen-bond donors (Lipinski definition) is 3. The molecule has 0 amide bonds. The summed E-state index contributed by atoms with van der Waals surface area (Å²) in [6.07, 6.45) is 1.59. The first kappa shape index (κ1) is 12.4. The van der Waals surface area contributed by atoms with E-state index in [2.05, 4.69) is 10.1 Å². The zero-order chi connectivity index (χ0) is 12.0. The molecule has 1 heterocycles. The lowest BCUT2D eigenvalue weighted by Gasteiger charge is -2.16. The van der Waals surface area contributed by atoms with Gasteiger partial charge in [-0.2, -0.15) is 0 Å². The van der Waals surface area contributed by atoms with E-state index in [0.717, 1.165) is 5.56 Å². The van der Waals surface area contributed by atoms with Crippen LogP contribution in [0, 0.1) is 0 Å². The zero-order valence-corrected chi connectivity index (χ0v) is 9.17. The fourth-order valence-electron chi connectivity index (χ4n) is 1.38. The SMILES string of the molecule is CN(CCO)Cc1cccnc1C(N)=NO. The van der Waals surface area contributed by atoms with E-state index in [-0.39, 0.29) is 12.4 Å². The third-order valence-electron chi connectivity index (χ3n) is 2.16. The van der Waals surface area contributed by atoms with E-state index in [1.165, 1.54) is 0 Å². The van der Waals surface area contributed by atoms with E-state index in [1.807, 2.05) is 18.0 Å². The van der Waals surface area contributed by atoms with Crippen LogP contribution in [-0.2, 0) is 6.54 Å². The van der Waals surface area contributed by atoms with Gasteiger partial charge in [0.1, 0.15) is 5.69 Å². The van der Waals surface area contributed by atoms with Crippen molar-refractivity contribution < 1.29 is 10.3 Å². The summed E-state index contributed by atoms with van der Waals surface area (Å²) in [6, 6.07) is 3.64. The molecule has 88 valence electrons. The predicted molar refractivity (Wildman–Crippen MR) is 60.2 cm³/mol. The van der Waals surface area contributed by atoms with Crippen LogP contribution in [0.1, 0.15) is 11.3 Å². The monoisotopic (exact) mass is 224 g/mol. The Labute approximate surface area is 94.0 Å². The van der Waals surface area contributed by atoms with E-state index < -0.39 is 0 Å².